The average Bonchev–Trinajstić information content (AvgIpc) is 2.59. The summed E-state index contributed by atoms with van der Waals surface area (Å²) >= 11 is 0. The molecule has 26 heavy (non-hydrogen) atoms. The van der Waals surface area contributed by atoms with Crippen molar-refractivity contribution >= 4 is 17.5 Å². The number of amides is 1. The summed E-state index contributed by atoms with van der Waals surface area (Å²) in [7, 11) is 0. The number of hydrogen-bond acceptors (Lipinski definition) is 5. The van der Waals surface area contributed by atoms with E-state index in [2.05, 4.69) is 4.98 Å². The number of pyridine rings is 1. The molecule has 0 aliphatic carbocycles. The lowest BCUT2D eigenvalue weighted by Gasteiger charge is -2.35. The van der Waals surface area contributed by atoms with Crippen molar-refractivity contribution in [3.63, 3.8) is 0 Å². The van der Waals surface area contributed by atoms with Crippen LogP contribution in [0.3, 0.4) is 0 Å². The molecule has 0 saturated carbocycles. The molecule has 1 amide bonds. The van der Waals surface area contributed by atoms with E-state index in [-0.39, 0.29) is 11.8 Å². The van der Waals surface area contributed by atoms with Crippen LogP contribution in [0.5, 0.6) is 11.5 Å². The molecular weight excluding hydrogens is 330 g/mol. The van der Waals surface area contributed by atoms with Gasteiger partial charge in [-0.2, -0.15) is 0 Å². The Kier molecular flexibility index (Phi) is 5.30. The van der Waals surface area contributed by atoms with E-state index < -0.39 is 6.10 Å². The van der Waals surface area contributed by atoms with Gasteiger partial charge in [0, 0.05) is 6.54 Å². The van der Waals surface area contributed by atoms with E-state index in [9.17, 15) is 4.79 Å². The van der Waals surface area contributed by atoms with E-state index >= 15 is 0 Å². The largest absolute Gasteiger partial charge is 0.494 e. The minimum Gasteiger partial charge on any atom is -0.494 e. The summed E-state index contributed by atoms with van der Waals surface area (Å²) in [6.45, 7) is 6.98. The third-order valence-electron chi connectivity index (χ3n) is 4.27. The molecule has 2 aromatic rings. The number of aryl methyl sites for hydroxylation is 1. The number of nitrogens with two attached hydrogens (primary N) is 1. The second-order valence-electron chi connectivity index (χ2n) is 6.85. The maximum absolute atomic E-state index is 12.8. The van der Waals surface area contributed by atoms with Gasteiger partial charge in [-0.1, -0.05) is 26.0 Å². The summed E-state index contributed by atoms with van der Waals surface area (Å²) in [5, 5.41) is 0. The van der Waals surface area contributed by atoms with Crippen LogP contribution >= 0.6 is 0 Å². The molecule has 1 aromatic carbocycles. The molecule has 2 heterocycles. The zero-order valence-corrected chi connectivity index (χ0v) is 15.4. The van der Waals surface area contributed by atoms with Crippen molar-refractivity contribution < 1.29 is 14.3 Å². The number of carbonyl (C=O) groups is 1. The van der Waals surface area contributed by atoms with Crippen molar-refractivity contribution in [1.82, 2.24) is 4.98 Å². The highest BCUT2D eigenvalue weighted by atomic mass is 16.5. The fourth-order valence-corrected chi connectivity index (χ4v) is 2.94. The molecule has 0 spiro atoms. The number of nitrogen functional groups attached to an aromatic ring is 1. The van der Waals surface area contributed by atoms with Crippen LogP contribution in [0.1, 0.15) is 25.8 Å². The number of anilines is 2. The van der Waals surface area contributed by atoms with Gasteiger partial charge >= 0.3 is 0 Å². The number of benzene rings is 1. The minimum atomic E-state index is -0.509. The van der Waals surface area contributed by atoms with Crippen molar-refractivity contribution in [1.29, 1.82) is 0 Å². The lowest BCUT2D eigenvalue weighted by Crippen LogP contribution is -2.49. The molecule has 138 valence electrons. The Morgan fingerprint density at radius 2 is 2.12 bits per heavy atom. The van der Waals surface area contributed by atoms with Crippen LogP contribution in [-0.2, 0) is 4.79 Å². The molecule has 1 aliphatic heterocycles. The van der Waals surface area contributed by atoms with Crippen molar-refractivity contribution in [3.8, 4) is 11.5 Å². The predicted octanol–water partition coefficient (Wildman–Crippen LogP) is 3.19. The van der Waals surface area contributed by atoms with Crippen molar-refractivity contribution in [3.05, 3.63) is 42.0 Å². The molecular formula is C20H25N3O3. The molecule has 1 aromatic heterocycles. The van der Waals surface area contributed by atoms with E-state index in [0.29, 0.717) is 37.0 Å². The second kappa shape index (κ2) is 7.64. The van der Waals surface area contributed by atoms with Gasteiger partial charge < -0.3 is 15.2 Å². The van der Waals surface area contributed by atoms with Crippen LogP contribution in [-0.4, -0.2) is 30.1 Å². The normalized spacial score (nSPS) is 16.4. The Bertz CT molecular complexity index is 792. The fraction of sp³-hybridized carbons (Fsp3) is 0.400. The zero-order chi connectivity index (χ0) is 18.7. The number of carbonyl (C=O) groups excluding carboxylic acids is 1. The van der Waals surface area contributed by atoms with Gasteiger partial charge in [-0.05, 0) is 49.1 Å². The highest BCUT2D eigenvalue weighted by Crippen LogP contribution is 2.34. The number of hydrogen-bond donors (Lipinski definition) is 1. The number of ether oxygens (including phenoxy) is 2. The Labute approximate surface area is 153 Å². The van der Waals surface area contributed by atoms with Gasteiger partial charge in [-0.25, -0.2) is 4.98 Å². The molecule has 1 unspecified atom stereocenters. The fourth-order valence-electron chi connectivity index (χ4n) is 2.94. The Hall–Kier alpha value is -2.76. The summed E-state index contributed by atoms with van der Waals surface area (Å²) < 4.78 is 11.6. The summed E-state index contributed by atoms with van der Waals surface area (Å²) in [4.78, 5) is 18.8. The van der Waals surface area contributed by atoms with Gasteiger partial charge in [0.25, 0.3) is 5.91 Å². The summed E-state index contributed by atoms with van der Waals surface area (Å²) in [6.07, 6.45) is 0.172. The molecule has 0 bridgehead atoms. The first-order chi connectivity index (χ1) is 12.5. The average molecular weight is 355 g/mol. The third kappa shape index (κ3) is 3.90. The number of aromatic nitrogens is 1. The lowest BCUT2D eigenvalue weighted by molar-refractivity contribution is -0.128. The molecule has 2 N–H and O–H groups in total. The van der Waals surface area contributed by atoms with E-state index in [1.54, 1.807) is 17.0 Å². The summed E-state index contributed by atoms with van der Waals surface area (Å²) in [5.74, 6) is 2.27. The third-order valence-corrected chi connectivity index (χ3v) is 4.27. The quantitative estimate of drug-likeness (QED) is 0.805. The van der Waals surface area contributed by atoms with Crippen LogP contribution in [0.4, 0.5) is 11.6 Å². The smallest absolute Gasteiger partial charge is 0.269 e. The summed E-state index contributed by atoms with van der Waals surface area (Å²) in [5.41, 5.74) is 6.95. The van der Waals surface area contributed by atoms with Crippen LogP contribution in [0.15, 0.2) is 36.4 Å². The number of nitrogens with zero attached hydrogens (tertiary/aromatic N) is 2. The SMILES string of the molecule is Cc1cccc(OCCCN2C(=O)C(C(C)C)Oc3ccc(N)nc32)c1. The molecule has 0 radical (unpaired) electrons. The Morgan fingerprint density at radius 3 is 2.85 bits per heavy atom. The minimum absolute atomic E-state index is 0.0687. The van der Waals surface area contributed by atoms with Gasteiger partial charge in [0.15, 0.2) is 17.7 Å². The molecule has 1 aliphatic rings. The van der Waals surface area contributed by atoms with Crippen molar-refractivity contribution in [2.24, 2.45) is 5.92 Å². The monoisotopic (exact) mass is 355 g/mol. The second-order valence-corrected chi connectivity index (χ2v) is 6.85. The Balaban J connectivity index is 1.69. The molecule has 3 rings (SSSR count). The highest BCUT2D eigenvalue weighted by Gasteiger charge is 2.37. The number of fused-ring (bicyclic) bond motifs is 1. The first-order valence-electron chi connectivity index (χ1n) is 8.89. The maximum Gasteiger partial charge on any atom is 0.269 e. The van der Waals surface area contributed by atoms with E-state index in [4.69, 9.17) is 15.2 Å². The first-order valence-corrected chi connectivity index (χ1v) is 8.89. The van der Waals surface area contributed by atoms with Gasteiger partial charge in [0.05, 0.1) is 6.61 Å². The van der Waals surface area contributed by atoms with Crippen LogP contribution in [0.2, 0.25) is 0 Å². The van der Waals surface area contributed by atoms with E-state index in [0.717, 1.165) is 11.3 Å². The molecule has 6 heteroatoms. The summed E-state index contributed by atoms with van der Waals surface area (Å²) in [6, 6.07) is 11.4. The van der Waals surface area contributed by atoms with E-state index in [1.165, 1.54) is 0 Å². The van der Waals surface area contributed by atoms with Gasteiger partial charge in [-0.3, -0.25) is 9.69 Å². The van der Waals surface area contributed by atoms with Crippen molar-refractivity contribution in [2.45, 2.75) is 33.3 Å². The maximum atomic E-state index is 12.8. The van der Waals surface area contributed by atoms with Gasteiger partial charge in [0.2, 0.25) is 0 Å². The van der Waals surface area contributed by atoms with Gasteiger partial charge in [0.1, 0.15) is 11.6 Å². The topological polar surface area (TPSA) is 77.7 Å². The van der Waals surface area contributed by atoms with Crippen LogP contribution in [0, 0.1) is 12.8 Å². The molecule has 1 atom stereocenters. The first kappa shape index (κ1) is 18.0. The standard InChI is InChI=1S/C20H25N3O3/c1-13(2)18-20(24)23(19-16(26-18)8-9-17(21)22-19)10-5-11-25-15-7-4-6-14(3)12-15/h4,6-9,12-13,18H,5,10-11H2,1-3H3,(H2,21,22). The number of rotatable bonds is 6. The van der Waals surface area contributed by atoms with Crippen LogP contribution in [0.25, 0.3) is 0 Å². The molecule has 6 nitrogen and oxygen atoms in total. The molecule has 0 fully saturated rings. The van der Waals surface area contributed by atoms with E-state index in [1.807, 2.05) is 45.0 Å². The van der Waals surface area contributed by atoms with Gasteiger partial charge in [-0.15, -0.1) is 0 Å². The lowest BCUT2D eigenvalue weighted by atomic mass is 10.0. The van der Waals surface area contributed by atoms with Crippen LogP contribution < -0.4 is 20.1 Å². The zero-order valence-electron chi connectivity index (χ0n) is 15.4. The highest BCUT2D eigenvalue weighted by molar-refractivity contribution is 5.99. The van der Waals surface area contributed by atoms with Crippen molar-refractivity contribution in [2.75, 3.05) is 23.8 Å². The Morgan fingerprint density at radius 1 is 1.31 bits per heavy atom. The molecule has 0 saturated heterocycles. The predicted molar refractivity (Wildman–Crippen MR) is 102 cm³/mol.